The minimum atomic E-state index is -0.112. The van der Waals surface area contributed by atoms with Gasteiger partial charge in [0.15, 0.2) is 0 Å². The standard InChI is InChI=1S/C18H24N4O2/c1-13-5-6-16(24-4)15(11-13)21-17-12-14(7-8-19-17)18(23)20-9-10-22(2)3/h5-8,11-12H,9-10H2,1-4H3,(H,19,21)(H,20,23). The van der Waals surface area contributed by atoms with Crippen molar-refractivity contribution in [3.05, 3.63) is 47.7 Å². The first kappa shape index (κ1) is 17.7. The van der Waals surface area contributed by atoms with E-state index in [4.69, 9.17) is 4.74 Å². The zero-order chi connectivity index (χ0) is 17.5. The number of hydrogen-bond acceptors (Lipinski definition) is 5. The molecule has 1 amide bonds. The van der Waals surface area contributed by atoms with Gasteiger partial charge in [-0.25, -0.2) is 4.98 Å². The molecule has 0 aliphatic heterocycles. The summed E-state index contributed by atoms with van der Waals surface area (Å²) in [4.78, 5) is 18.5. The molecular formula is C18H24N4O2. The second-order valence-electron chi connectivity index (χ2n) is 5.82. The molecule has 0 radical (unpaired) electrons. The number of nitrogens with zero attached hydrogens (tertiary/aromatic N) is 2. The quantitative estimate of drug-likeness (QED) is 0.817. The lowest BCUT2D eigenvalue weighted by molar-refractivity contribution is 0.0951. The maximum Gasteiger partial charge on any atom is 0.251 e. The van der Waals surface area contributed by atoms with Crippen molar-refractivity contribution in [2.45, 2.75) is 6.92 Å². The van der Waals surface area contributed by atoms with Crippen molar-refractivity contribution in [1.29, 1.82) is 0 Å². The molecule has 0 unspecified atom stereocenters. The van der Waals surface area contributed by atoms with E-state index < -0.39 is 0 Å². The van der Waals surface area contributed by atoms with Crippen LogP contribution in [-0.2, 0) is 0 Å². The Morgan fingerprint density at radius 2 is 2.04 bits per heavy atom. The zero-order valence-electron chi connectivity index (χ0n) is 14.6. The average Bonchev–Trinajstić information content (AvgIpc) is 2.55. The van der Waals surface area contributed by atoms with Gasteiger partial charge >= 0.3 is 0 Å². The number of rotatable bonds is 7. The van der Waals surface area contributed by atoms with Crippen LogP contribution >= 0.6 is 0 Å². The van der Waals surface area contributed by atoms with Gasteiger partial charge in [-0.1, -0.05) is 6.07 Å². The molecule has 24 heavy (non-hydrogen) atoms. The van der Waals surface area contributed by atoms with Gasteiger partial charge in [-0.05, 0) is 50.8 Å². The lowest BCUT2D eigenvalue weighted by Crippen LogP contribution is -2.31. The van der Waals surface area contributed by atoms with Gasteiger partial charge in [0, 0.05) is 24.8 Å². The third kappa shape index (κ3) is 4.96. The summed E-state index contributed by atoms with van der Waals surface area (Å²) in [5, 5.41) is 6.10. The Balaban J connectivity index is 2.10. The highest BCUT2D eigenvalue weighted by Gasteiger charge is 2.09. The zero-order valence-corrected chi connectivity index (χ0v) is 14.6. The molecule has 0 aliphatic rings. The summed E-state index contributed by atoms with van der Waals surface area (Å²) < 4.78 is 5.35. The number of hydrogen-bond donors (Lipinski definition) is 2. The van der Waals surface area contributed by atoms with Gasteiger partial charge in [-0.15, -0.1) is 0 Å². The summed E-state index contributed by atoms with van der Waals surface area (Å²) in [5.41, 5.74) is 2.49. The highest BCUT2D eigenvalue weighted by molar-refractivity contribution is 5.94. The molecule has 6 heteroatoms. The van der Waals surface area contributed by atoms with Gasteiger partial charge in [0.25, 0.3) is 5.91 Å². The van der Waals surface area contributed by atoms with Crippen LogP contribution in [0, 0.1) is 6.92 Å². The highest BCUT2D eigenvalue weighted by Crippen LogP contribution is 2.28. The van der Waals surface area contributed by atoms with Crippen LogP contribution in [0.3, 0.4) is 0 Å². The van der Waals surface area contributed by atoms with Crippen LogP contribution in [0.5, 0.6) is 5.75 Å². The maximum atomic E-state index is 12.2. The Morgan fingerprint density at radius 3 is 2.75 bits per heavy atom. The van der Waals surface area contributed by atoms with E-state index in [2.05, 4.69) is 15.6 Å². The number of carbonyl (C=O) groups is 1. The molecule has 0 saturated heterocycles. The number of aryl methyl sites for hydroxylation is 1. The second-order valence-corrected chi connectivity index (χ2v) is 5.82. The molecule has 0 atom stereocenters. The van der Waals surface area contributed by atoms with Gasteiger partial charge in [0.05, 0.1) is 12.8 Å². The molecule has 1 aromatic heterocycles. The Bertz CT molecular complexity index is 701. The van der Waals surface area contributed by atoms with Crippen LogP contribution in [0.15, 0.2) is 36.5 Å². The predicted molar refractivity (Wildman–Crippen MR) is 96.1 cm³/mol. The number of pyridine rings is 1. The molecule has 0 fully saturated rings. The van der Waals surface area contributed by atoms with Crippen LogP contribution in [0.25, 0.3) is 0 Å². The Morgan fingerprint density at radius 1 is 1.25 bits per heavy atom. The molecule has 0 saturated carbocycles. The summed E-state index contributed by atoms with van der Waals surface area (Å²) in [6.45, 7) is 3.40. The van der Waals surface area contributed by atoms with Crippen LogP contribution in [0.4, 0.5) is 11.5 Å². The van der Waals surface area contributed by atoms with E-state index in [0.29, 0.717) is 17.9 Å². The van der Waals surface area contributed by atoms with Crippen molar-refractivity contribution < 1.29 is 9.53 Å². The summed E-state index contributed by atoms with van der Waals surface area (Å²) in [5.74, 6) is 1.21. The fraction of sp³-hybridized carbons (Fsp3) is 0.333. The molecule has 0 spiro atoms. The predicted octanol–water partition coefficient (Wildman–Crippen LogP) is 2.43. The first-order chi connectivity index (χ1) is 11.5. The van der Waals surface area contributed by atoms with Gasteiger partial charge in [-0.3, -0.25) is 4.79 Å². The molecule has 2 N–H and O–H groups in total. The summed E-state index contributed by atoms with van der Waals surface area (Å²) in [7, 11) is 5.56. The normalized spacial score (nSPS) is 10.5. The fourth-order valence-electron chi connectivity index (χ4n) is 2.19. The lowest BCUT2D eigenvalue weighted by Gasteiger charge is -2.13. The molecule has 6 nitrogen and oxygen atoms in total. The Kier molecular flexibility index (Phi) is 6.14. The topological polar surface area (TPSA) is 66.5 Å². The van der Waals surface area contributed by atoms with E-state index >= 15 is 0 Å². The molecule has 0 aliphatic carbocycles. The summed E-state index contributed by atoms with van der Waals surface area (Å²) >= 11 is 0. The van der Waals surface area contributed by atoms with E-state index in [1.807, 2.05) is 44.1 Å². The SMILES string of the molecule is COc1ccc(C)cc1Nc1cc(C(=O)NCCN(C)C)ccn1. The number of methoxy groups -OCH3 is 1. The van der Waals surface area contributed by atoms with Gasteiger partial charge in [-0.2, -0.15) is 0 Å². The largest absolute Gasteiger partial charge is 0.495 e. The first-order valence-corrected chi connectivity index (χ1v) is 7.80. The number of anilines is 2. The van der Waals surface area contributed by atoms with Crippen molar-refractivity contribution in [2.24, 2.45) is 0 Å². The number of aromatic nitrogens is 1. The first-order valence-electron chi connectivity index (χ1n) is 7.80. The van der Waals surface area contributed by atoms with E-state index in [-0.39, 0.29) is 5.91 Å². The maximum absolute atomic E-state index is 12.2. The monoisotopic (exact) mass is 328 g/mol. The Hall–Kier alpha value is -2.60. The number of ether oxygens (including phenoxy) is 1. The van der Waals surface area contributed by atoms with Gasteiger partial charge in [0.1, 0.15) is 11.6 Å². The van der Waals surface area contributed by atoms with E-state index in [1.165, 1.54) is 0 Å². The van der Waals surface area contributed by atoms with Crippen molar-refractivity contribution >= 4 is 17.4 Å². The second kappa shape index (κ2) is 8.31. The van der Waals surface area contributed by atoms with E-state index in [9.17, 15) is 4.79 Å². The Labute approximate surface area is 142 Å². The highest BCUT2D eigenvalue weighted by atomic mass is 16.5. The van der Waals surface area contributed by atoms with Crippen LogP contribution < -0.4 is 15.4 Å². The van der Waals surface area contributed by atoms with E-state index in [1.54, 1.807) is 25.4 Å². The third-order valence-corrected chi connectivity index (χ3v) is 3.48. The van der Waals surface area contributed by atoms with Gasteiger partial charge in [0.2, 0.25) is 0 Å². The minimum Gasteiger partial charge on any atom is -0.495 e. The van der Waals surface area contributed by atoms with Crippen molar-refractivity contribution in [3.63, 3.8) is 0 Å². The number of likely N-dealkylation sites (N-methyl/N-ethyl adjacent to an activating group) is 1. The molecule has 128 valence electrons. The van der Waals surface area contributed by atoms with Crippen LogP contribution in [-0.4, -0.2) is 50.1 Å². The van der Waals surface area contributed by atoms with Crippen LogP contribution in [0.1, 0.15) is 15.9 Å². The molecule has 1 aromatic carbocycles. The fourth-order valence-corrected chi connectivity index (χ4v) is 2.19. The molecular weight excluding hydrogens is 304 g/mol. The van der Waals surface area contributed by atoms with Crippen molar-refractivity contribution in [2.75, 3.05) is 39.6 Å². The summed E-state index contributed by atoms with van der Waals surface area (Å²) in [6.07, 6.45) is 1.62. The van der Waals surface area contributed by atoms with Gasteiger partial charge < -0.3 is 20.3 Å². The smallest absolute Gasteiger partial charge is 0.251 e. The average molecular weight is 328 g/mol. The number of benzene rings is 1. The van der Waals surface area contributed by atoms with E-state index in [0.717, 1.165) is 23.5 Å². The van der Waals surface area contributed by atoms with Crippen molar-refractivity contribution in [1.82, 2.24) is 15.2 Å². The molecule has 2 rings (SSSR count). The van der Waals surface area contributed by atoms with Crippen LogP contribution in [0.2, 0.25) is 0 Å². The molecule has 1 heterocycles. The lowest BCUT2D eigenvalue weighted by atomic mass is 10.2. The minimum absolute atomic E-state index is 0.112. The molecule has 2 aromatic rings. The number of carbonyl (C=O) groups excluding carboxylic acids is 1. The summed E-state index contributed by atoms with van der Waals surface area (Å²) in [6, 6.07) is 9.28. The number of amides is 1. The number of nitrogens with one attached hydrogen (secondary N) is 2. The third-order valence-electron chi connectivity index (χ3n) is 3.48. The van der Waals surface area contributed by atoms with Crippen molar-refractivity contribution in [3.8, 4) is 5.75 Å². The molecule has 0 bridgehead atoms.